The molecule has 164 valence electrons. The summed E-state index contributed by atoms with van der Waals surface area (Å²) in [6.45, 7) is 9.87. The van der Waals surface area contributed by atoms with Gasteiger partial charge in [0.15, 0.2) is 5.16 Å². The number of thioether (sulfide) groups is 1. The molecule has 0 spiro atoms. The Morgan fingerprint density at radius 3 is 2.60 bits per heavy atom. The standard InChI is InChI=1S/C21H30N4O3S2/c1-6-16-23-24-21(25(16)12(2)3)29-11-17(26)22-19-18(20(27)28-13(4)5)14-9-7-8-10-15(14)30-19/h12-13H,6-11H2,1-5H3,(H,22,26). The van der Waals surface area contributed by atoms with Gasteiger partial charge in [-0.15, -0.1) is 21.5 Å². The number of fused-ring (bicyclic) bond motifs is 1. The molecular formula is C21H30N4O3S2. The molecule has 2 aromatic heterocycles. The minimum absolute atomic E-state index is 0.159. The monoisotopic (exact) mass is 450 g/mol. The van der Waals surface area contributed by atoms with Crippen LogP contribution in [0.25, 0.3) is 0 Å². The number of carbonyl (C=O) groups is 2. The second kappa shape index (κ2) is 9.96. The zero-order valence-corrected chi connectivity index (χ0v) is 19.9. The Kier molecular flexibility index (Phi) is 7.57. The summed E-state index contributed by atoms with van der Waals surface area (Å²) in [6.07, 6.45) is 4.56. The molecule has 1 N–H and O–H groups in total. The van der Waals surface area contributed by atoms with E-state index in [1.165, 1.54) is 28.0 Å². The Balaban J connectivity index is 1.75. The fourth-order valence-electron chi connectivity index (χ4n) is 3.60. The number of aryl methyl sites for hydroxylation is 2. The molecule has 7 nitrogen and oxygen atoms in total. The van der Waals surface area contributed by atoms with Crippen molar-refractivity contribution in [2.24, 2.45) is 0 Å². The van der Waals surface area contributed by atoms with Crippen molar-refractivity contribution in [3.63, 3.8) is 0 Å². The lowest BCUT2D eigenvalue weighted by Crippen LogP contribution is -2.19. The van der Waals surface area contributed by atoms with Gasteiger partial charge in [0.1, 0.15) is 10.8 Å². The Morgan fingerprint density at radius 2 is 1.93 bits per heavy atom. The number of hydrogen-bond acceptors (Lipinski definition) is 7. The van der Waals surface area contributed by atoms with Crippen molar-refractivity contribution >= 4 is 40.0 Å². The van der Waals surface area contributed by atoms with E-state index >= 15 is 0 Å². The van der Waals surface area contributed by atoms with E-state index in [1.54, 1.807) is 0 Å². The maximum absolute atomic E-state index is 12.7. The first-order valence-corrected chi connectivity index (χ1v) is 12.3. The molecule has 0 saturated heterocycles. The number of hydrogen-bond donors (Lipinski definition) is 1. The van der Waals surface area contributed by atoms with Crippen molar-refractivity contribution in [2.45, 2.75) is 84.0 Å². The number of thiophene rings is 1. The zero-order chi connectivity index (χ0) is 21.8. The van der Waals surface area contributed by atoms with Crippen LogP contribution in [0.3, 0.4) is 0 Å². The summed E-state index contributed by atoms with van der Waals surface area (Å²) < 4.78 is 7.52. The van der Waals surface area contributed by atoms with Crippen molar-refractivity contribution in [3.05, 3.63) is 21.8 Å². The highest BCUT2D eigenvalue weighted by atomic mass is 32.2. The number of rotatable bonds is 8. The minimum Gasteiger partial charge on any atom is -0.459 e. The van der Waals surface area contributed by atoms with E-state index < -0.39 is 0 Å². The van der Waals surface area contributed by atoms with Crippen LogP contribution in [0.5, 0.6) is 0 Å². The number of nitrogens with one attached hydrogen (secondary N) is 1. The molecule has 0 radical (unpaired) electrons. The first kappa shape index (κ1) is 22.8. The van der Waals surface area contributed by atoms with Crippen LogP contribution in [0.2, 0.25) is 0 Å². The van der Waals surface area contributed by atoms with Crippen molar-refractivity contribution in [3.8, 4) is 0 Å². The number of carbonyl (C=O) groups excluding carboxylic acids is 2. The van der Waals surface area contributed by atoms with E-state index in [0.29, 0.717) is 10.6 Å². The topological polar surface area (TPSA) is 86.1 Å². The number of anilines is 1. The smallest absolute Gasteiger partial charge is 0.341 e. The molecule has 0 atom stereocenters. The van der Waals surface area contributed by atoms with E-state index in [-0.39, 0.29) is 29.8 Å². The van der Waals surface area contributed by atoms with E-state index in [0.717, 1.165) is 48.6 Å². The SMILES string of the molecule is CCc1nnc(SCC(=O)Nc2sc3c(c2C(=O)OC(C)C)CCCC3)n1C(C)C. The predicted molar refractivity (Wildman–Crippen MR) is 121 cm³/mol. The van der Waals surface area contributed by atoms with Crippen LogP contribution in [0.15, 0.2) is 5.16 Å². The number of amides is 1. The van der Waals surface area contributed by atoms with Crippen LogP contribution in [0.4, 0.5) is 5.00 Å². The molecule has 2 aromatic rings. The van der Waals surface area contributed by atoms with Crippen molar-refractivity contribution in [1.29, 1.82) is 0 Å². The van der Waals surface area contributed by atoms with Gasteiger partial charge in [0.25, 0.3) is 0 Å². The predicted octanol–water partition coefficient (Wildman–Crippen LogP) is 4.66. The molecule has 0 unspecified atom stereocenters. The molecule has 0 bridgehead atoms. The largest absolute Gasteiger partial charge is 0.459 e. The van der Waals surface area contributed by atoms with Gasteiger partial charge in [-0.2, -0.15) is 0 Å². The summed E-state index contributed by atoms with van der Waals surface area (Å²) in [5.41, 5.74) is 1.59. The van der Waals surface area contributed by atoms with Crippen LogP contribution in [-0.4, -0.2) is 38.5 Å². The van der Waals surface area contributed by atoms with Gasteiger partial charge in [0, 0.05) is 17.3 Å². The molecule has 0 saturated carbocycles. The molecule has 0 fully saturated rings. The van der Waals surface area contributed by atoms with Gasteiger partial charge in [0.2, 0.25) is 5.91 Å². The van der Waals surface area contributed by atoms with Crippen LogP contribution >= 0.6 is 23.1 Å². The molecule has 1 aliphatic carbocycles. The first-order valence-electron chi connectivity index (χ1n) is 10.5. The Hall–Kier alpha value is -1.87. The maximum Gasteiger partial charge on any atom is 0.341 e. The van der Waals surface area contributed by atoms with Crippen LogP contribution < -0.4 is 5.32 Å². The van der Waals surface area contributed by atoms with Crippen molar-refractivity contribution in [1.82, 2.24) is 14.8 Å². The van der Waals surface area contributed by atoms with Gasteiger partial charge in [-0.1, -0.05) is 18.7 Å². The average Bonchev–Trinajstić information content (AvgIpc) is 3.26. The van der Waals surface area contributed by atoms with Gasteiger partial charge in [-0.3, -0.25) is 4.79 Å². The van der Waals surface area contributed by atoms with Crippen molar-refractivity contribution < 1.29 is 14.3 Å². The number of ether oxygens (including phenoxy) is 1. The van der Waals surface area contributed by atoms with E-state index in [9.17, 15) is 9.59 Å². The lowest BCUT2D eigenvalue weighted by Gasteiger charge is -2.14. The van der Waals surface area contributed by atoms with Crippen LogP contribution in [0.1, 0.15) is 80.1 Å². The summed E-state index contributed by atoms with van der Waals surface area (Å²) in [5, 5.41) is 12.8. The highest BCUT2D eigenvalue weighted by molar-refractivity contribution is 7.99. The molecule has 9 heteroatoms. The molecule has 1 aliphatic rings. The van der Waals surface area contributed by atoms with Crippen LogP contribution in [0, 0.1) is 0 Å². The highest BCUT2D eigenvalue weighted by Gasteiger charge is 2.28. The lowest BCUT2D eigenvalue weighted by molar-refractivity contribution is -0.113. The van der Waals surface area contributed by atoms with E-state index in [4.69, 9.17) is 4.74 Å². The third kappa shape index (κ3) is 5.06. The quantitative estimate of drug-likeness (QED) is 0.465. The molecule has 0 aromatic carbocycles. The Morgan fingerprint density at radius 1 is 1.20 bits per heavy atom. The molecule has 0 aliphatic heterocycles. The summed E-state index contributed by atoms with van der Waals surface area (Å²) in [6, 6.07) is 0.224. The fraction of sp³-hybridized carbons (Fsp3) is 0.619. The molecular weight excluding hydrogens is 420 g/mol. The van der Waals surface area contributed by atoms with Crippen molar-refractivity contribution in [2.75, 3.05) is 11.1 Å². The zero-order valence-electron chi connectivity index (χ0n) is 18.3. The van der Waals surface area contributed by atoms with E-state index in [2.05, 4.69) is 33.9 Å². The van der Waals surface area contributed by atoms with Gasteiger partial charge < -0.3 is 14.6 Å². The maximum atomic E-state index is 12.7. The summed E-state index contributed by atoms with van der Waals surface area (Å²) in [5.74, 6) is 0.612. The number of aromatic nitrogens is 3. The second-order valence-corrected chi connectivity index (χ2v) is 9.97. The average molecular weight is 451 g/mol. The summed E-state index contributed by atoms with van der Waals surface area (Å²) in [4.78, 5) is 26.6. The Bertz CT molecular complexity index is 918. The van der Waals surface area contributed by atoms with Gasteiger partial charge in [-0.05, 0) is 58.9 Å². The minimum atomic E-state index is -0.348. The van der Waals surface area contributed by atoms with Gasteiger partial charge in [0.05, 0.1) is 17.4 Å². The molecule has 3 rings (SSSR count). The third-order valence-electron chi connectivity index (χ3n) is 4.87. The molecule has 2 heterocycles. The first-order chi connectivity index (χ1) is 14.3. The normalized spacial score (nSPS) is 13.6. The molecule has 1 amide bonds. The third-order valence-corrected chi connectivity index (χ3v) is 7.02. The Labute approximate surface area is 186 Å². The fourth-order valence-corrected chi connectivity index (χ4v) is 5.78. The van der Waals surface area contributed by atoms with Gasteiger partial charge in [-0.25, -0.2) is 4.79 Å². The second-order valence-electron chi connectivity index (χ2n) is 7.92. The van der Waals surface area contributed by atoms with E-state index in [1.807, 2.05) is 20.8 Å². The molecule has 30 heavy (non-hydrogen) atoms. The number of nitrogens with zero attached hydrogens (tertiary/aromatic N) is 3. The number of esters is 1. The van der Waals surface area contributed by atoms with Crippen LogP contribution in [-0.2, 0) is 28.8 Å². The lowest BCUT2D eigenvalue weighted by atomic mass is 9.95. The summed E-state index contributed by atoms with van der Waals surface area (Å²) in [7, 11) is 0. The summed E-state index contributed by atoms with van der Waals surface area (Å²) >= 11 is 2.87. The highest BCUT2D eigenvalue weighted by Crippen LogP contribution is 2.39. The van der Waals surface area contributed by atoms with Gasteiger partial charge >= 0.3 is 5.97 Å².